The highest BCUT2D eigenvalue weighted by molar-refractivity contribution is 7.29. The first kappa shape index (κ1) is 38.5. The molecule has 0 spiro atoms. The van der Waals surface area contributed by atoms with Gasteiger partial charge in [0.1, 0.15) is 10.6 Å². The predicted octanol–water partition coefficient (Wildman–Crippen LogP) is 15.4. The minimum Gasteiger partial charge on any atom is -0.508 e. The first-order chi connectivity index (χ1) is 24.5. The van der Waals surface area contributed by atoms with Gasteiger partial charge in [-0.3, -0.25) is 0 Å². The lowest BCUT2D eigenvalue weighted by Crippen LogP contribution is -2.14. The first-order valence-corrected chi connectivity index (χ1v) is 22.2. The third kappa shape index (κ3) is 11.9. The number of ether oxygens (including phenoxy) is 1. The lowest BCUT2D eigenvalue weighted by atomic mass is 9.94. The number of phenolic OH excluding ortho intramolecular Hbond substituents is 1. The SMILES string of the molecule is CCCCCCCCCCC(CCCCCCCC)COC(=O)c1ccc(-c2ccc(-c3ccc(-c4ccc(-c5ccc(O)cc5)s4)s3)s2)s1. The number of carbonyl (C=O) groups excluding carboxylic acids is 1. The van der Waals surface area contributed by atoms with Gasteiger partial charge >= 0.3 is 5.97 Å². The van der Waals surface area contributed by atoms with E-state index in [0.29, 0.717) is 17.4 Å². The monoisotopic (exact) mass is 746 g/mol. The van der Waals surface area contributed by atoms with Gasteiger partial charge in [-0.1, -0.05) is 104 Å². The quantitative estimate of drug-likeness (QED) is 0.0535. The van der Waals surface area contributed by atoms with Gasteiger partial charge in [0.05, 0.1) is 6.61 Å². The number of rotatable bonds is 23. The van der Waals surface area contributed by atoms with E-state index in [0.717, 1.165) is 10.4 Å². The molecule has 50 heavy (non-hydrogen) atoms. The summed E-state index contributed by atoms with van der Waals surface area (Å²) < 4.78 is 5.98. The van der Waals surface area contributed by atoms with E-state index in [4.69, 9.17) is 4.74 Å². The number of esters is 1. The number of benzene rings is 1. The number of hydrogen-bond acceptors (Lipinski definition) is 7. The van der Waals surface area contributed by atoms with Gasteiger partial charge in [0.25, 0.3) is 0 Å². The van der Waals surface area contributed by atoms with E-state index in [9.17, 15) is 9.90 Å². The summed E-state index contributed by atoms with van der Waals surface area (Å²) in [6.45, 7) is 5.09. The molecule has 1 unspecified atom stereocenters. The predicted molar refractivity (Wildman–Crippen MR) is 220 cm³/mol. The number of unbranched alkanes of at least 4 members (excludes halogenated alkanes) is 12. The second kappa shape index (κ2) is 21.0. The Balaban J connectivity index is 1.12. The van der Waals surface area contributed by atoms with E-state index < -0.39 is 0 Å². The molecule has 3 nitrogen and oxygen atoms in total. The van der Waals surface area contributed by atoms with Crippen LogP contribution >= 0.6 is 45.3 Å². The van der Waals surface area contributed by atoms with E-state index in [-0.39, 0.29) is 11.7 Å². The molecular weight excluding hydrogens is 693 g/mol. The summed E-state index contributed by atoms with van der Waals surface area (Å²) in [6.07, 6.45) is 20.8. The summed E-state index contributed by atoms with van der Waals surface area (Å²) >= 11 is 6.90. The van der Waals surface area contributed by atoms with Gasteiger partial charge in [-0.25, -0.2) is 4.79 Å². The largest absolute Gasteiger partial charge is 0.508 e. The number of aromatic hydroxyl groups is 1. The smallest absolute Gasteiger partial charge is 0.348 e. The highest BCUT2D eigenvalue weighted by atomic mass is 32.1. The van der Waals surface area contributed by atoms with Crippen molar-refractivity contribution < 1.29 is 14.6 Å². The van der Waals surface area contributed by atoms with E-state index in [2.05, 4.69) is 56.3 Å². The van der Waals surface area contributed by atoms with E-state index in [1.807, 2.05) is 29.5 Å². The summed E-state index contributed by atoms with van der Waals surface area (Å²) in [7, 11) is 0. The van der Waals surface area contributed by atoms with Crippen molar-refractivity contribution in [3.63, 3.8) is 0 Å². The molecule has 0 amide bonds. The second-order valence-electron chi connectivity index (χ2n) is 13.5. The van der Waals surface area contributed by atoms with E-state index in [1.54, 1.807) is 46.1 Å². The fourth-order valence-electron chi connectivity index (χ4n) is 6.39. The van der Waals surface area contributed by atoms with Gasteiger partial charge in [0.15, 0.2) is 0 Å². The molecule has 0 saturated carbocycles. The Labute approximate surface area is 316 Å². The van der Waals surface area contributed by atoms with Gasteiger partial charge in [0.2, 0.25) is 0 Å². The topological polar surface area (TPSA) is 46.5 Å². The lowest BCUT2D eigenvalue weighted by molar-refractivity contribution is 0.0427. The van der Waals surface area contributed by atoms with Crippen molar-refractivity contribution >= 4 is 51.3 Å². The van der Waals surface area contributed by atoms with Crippen LogP contribution in [0, 0.1) is 5.92 Å². The molecule has 5 rings (SSSR count). The molecule has 7 heteroatoms. The second-order valence-corrected chi connectivity index (χ2v) is 17.8. The Bertz CT molecular complexity index is 1690. The Morgan fingerprint density at radius 2 is 0.920 bits per heavy atom. The number of phenols is 1. The summed E-state index contributed by atoms with van der Waals surface area (Å²) in [5, 5.41) is 9.63. The molecule has 0 aliphatic carbocycles. The fraction of sp³-hybridized carbons (Fsp3) is 0.465. The summed E-state index contributed by atoms with van der Waals surface area (Å²) in [5.74, 6) is 0.579. The standard InChI is InChI=1S/C43H54O3S4/c1-3-5-7-9-11-12-14-16-18-32(17-15-13-10-8-6-4-2)31-46-43(45)42-30-29-41(50-42)40-28-27-39(49-40)38-26-25-37(48-38)36-24-23-35(47-36)33-19-21-34(44)22-20-33/h19-30,32,44H,3-18,31H2,1-2H3. The minimum atomic E-state index is -0.174. The molecular formula is C43H54O3S4. The average Bonchev–Trinajstić information content (AvgIpc) is 3.96. The molecule has 0 saturated heterocycles. The van der Waals surface area contributed by atoms with Gasteiger partial charge in [-0.2, -0.15) is 0 Å². The Hall–Kier alpha value is -2.71. The molecule has 1 aromatic carbocycles. The highest BCUT2D eigenvalue weighted by Crippen LogP contribution is 2.44. The van der Waals surface area contributed by atoms with E-state index >= 15 is 0 Å². The molecule has 0 aliphatic heterocycles. The number of hydrogen-bond donors (Lipinski definition) is 1. The maximum absolute atomic E-state index is 13.2. The van der Waals surface area contributed by atoms with Crippen molar-refractivity contribution in [2.45, 2.75) is 117 Å². The Morgan fingerprint density at radius 3 is 1.42 bits per heavy atom. The number of carbonyl (C=O) groups is 1. The van der Waals surface area contributed by atoms with E-state index in [1.165, 1.54) is 132 Å². The highest BCUT2D eigenvalue weighted by Gasteiger charge is 2.17. The third-order valence-electron chi connectivity index (χ3n) is 9.39. The molecule has 0 fully saturated rings. The summed E-state index contributed by atoms with van der Waals surface area (Å²) in [5.41, 5.74) is 1.12. The average molecular weight is 747 g/mol. The molecule has 5 aromatic rings. The van der Waals surface area contributed by atoms with Gasteiger partial charge in [0, 0.05) is 34.1 Å². The zero-order valence-corrected chi connectivity index (χ0v) is 33.2. The number of thiophene rings is 4. The van der Waals surface area contributed by atoms with Crippen LogP contribution in [-0.2, 0) is 4.74 Å². The van der Waals surface area contributed by atoms with Crippen molar-refractivity contribution in [2.75, 3.05) is 6.61 Å². The van der Waals surface area contributed by atoms with Crippen molar-refractivity contribution in [2.24, 2.45) is 5.92 Å². The Kier molecular flexibility index (Phi) is 16.2. The molecule has 1 N–H and O–H groups in total. The minimum absolute atomic E-state index is 0.174. The molecule has 1 atom stereocenters. The summed E-state index contributed by atoms with van der Waals surface area (Å²) in [4.78, 5) is 22.4. The zero-order chi connectivity index (χ0) is 35.0. The normalized spacial score (nSPS) is 12.0. The Morgan fingerprint density at radius 1 is 0.520 bits per heavy atom. The van der Waals surface area contributed by atoms with Gasteiger partial charge in [-0.05, 0) is 97.1 Å². The van der Waals surface area contributed by atoms with Gasteiger partial charge in [-0.15, -0.1) is 45.3 Å². The molecule has 4 heterocycles. The van der Waals surface area contributed by atoms with Crippen molar-refractivity contribution in [3.05, 3.63) is 77.7 Å². The van der Waals surface area contributed by atoms with Crippen LogP contribution in [-0.4, -0.2) is 17.7 Å². The fourth-order valence-corrected chi connectivity index (χ4v) is 10.6. The first-order valence-electron chi connectivity index (χ1n) is 18.9. The third-order valence-corrected chi connectivity index (χ3v) is 14.3. The summed E-state index contributed by atoms with van der Waals surface area (Å²) in [6, 6.07) is 24.5. The van der Waals surface area contributed by atoms with Crippen LogP contribution in [0.3, 0.4) is 0 Å². The maximum Gasteiger partial charge on any atom is 0.348 e. The van der Waals surface area contributed by atoms with Crippen LogP contribution in [0.5, 0.6) is 5.75 Å². The van der Waals surface area contributed by atoms with Crippen LogP contribution in [0.4, 0.5) is 0 Å². The van der Waals surface area contributed by atoms with Crippen LogP contribution in [0.15, 0.2) is 72.8 Å². The van der Waals surface area contributed by atoms with Gasteiger partial charge < -0.3 is 9.84 Å². The van der Waals surface area contributed by atoms with Crippen LogP contribution in [0.1, 0.15) is 126 Å². The zero-order valence-electron chi connectivity index (χ0n) is 29.9. The van der Waals surface area contributed by atoms with Crippen molar-refractivity contribution in [3.8, 4) is 45.5 Å². The molecule has 0 aliphatic rings. The van der Waals surface area contributed by atoms with Crippen LogP contribution in [0.25, 0.3) is 39.7 Å². The maximum atomic E-state index is 13.2. The molecule has 0 radical (unpaired) electrons. The van der Waals surface area contributed by atoms with Crippen LogP contribution in [0.2, 0.25) is 0 Å². The van der Waals surface area contributed by atoms with Crippen LogP contribution < -0.4 is 0 Å². The molecule has 268 valence electrons. The lowest BCUT2D eigenvalue weighted by Gasteiger charge is -2.17. The van der Waals surface area contributed by atoms with Crippen molar-refractivity contribution in [1.82, 2.24) is 0 Å². The molecule has 0 bridgehead atoms. The molecule has 4 aromatic heterocycles. The van der Waals surface area contributed by atoms with Crippen molar-refractivity contribution in [1.29, 1.82) is 0 Å².